The maximum atomic E-state index is 5.37. The number of aromatic nitrogens is 1. The Kier molecular flexibility index (Phi) is 4.06. The minimum absolute atomic E-state index is 0.887. The summed E-state index contributed by atoms with van der Waals surface area (Å²) in [5, 5.41) is 2.59. The van der Waals surface area contributed by atoms with Crippen LogP contribution in [0.4, 0.5) is 0 Å². The van der Waals surface area contributed by atoms with Gasteiger partial charge < -0.3 is 4.74 Å². The Balaban J connectivity index is 1.62. The highest BCUT2D eigenvalue weighted by Gasteiger charge is 2.09. The van der Waals surface area contributed by atoms with Gasteiger partial charge >= 0.3 is 0 Å². The lowest BCUT2D eigenvalue weighted by atomic mass is 10.0. The lowest BCUT2D eigenvalue weighted by molar-refractivity contribution is 0.0375. The second kappa shape index (κ2) is 6.13. The number of nitrogens with zero attached hydrogens (tertiary/aromatic N) is 2. The molecule has 3 heteroatoms. The Morgan fingerprint density at radius 1 is 1.16 bits per heavy atom. The maximum absolute atomic E-state index is 5.37. The van der Waals surface area contributed by atoms with Gasteiger partial charge in [-0.3, -0.25) is 9.88 Å². The van der Waals surface area contributed by atoms with E-state index in [1.807, 2.05) is 12.4 Å². The van der Waals surface area contributed by atoms with Gasteiger partial charge in [-0.2, -0.15) is 0 Å². The third-order valence-electron chi connectivity index (χ3n) is 3.80. The van der Waals surface area contributed by atoms with Crippen molar-refractivity contribution < 1.29 is 4.74 Å². The summed E-state index contributed by atoms with van der Waals surface area (Å²) in [5.74, 6) is 0. The van der Waals surface area contributed by atoms with Crippen LogP contribution in [0.15, 0.2) is 36.7 Å². The zero-order valence-corrected chi connectivity index (χ0v) is 11.2. The van der Waals surface area contributed by atoms with Gasteiger partial charge in [0.1, 0.15) is 0 Å². The van der Waals surface area contributed by atoms with Gasteiger partial charge in [-0.05, 0) is 36.4 Å². The fraction of sp³-hybridized carbons (Fsp3) is 0.438. The Morgan fingerprint density at radius 3 is 2.95 bits per heavy atom. The van der Waals surface area contributed by atoms with E-state index in [2.05, 4.69) is 34.1 Å². The maximum Gasteiger partial charge on any atom is 0.0594 e. The van der Waals surface area contributed by atoms with Gasteiger partial charge in [0.25, 0.3) is 0 Å². The van der Waals surface area contributed by atoms with Crippen LogP contribution < -0.4 is 0 Å². The van der Waals surface area contributed by atoms with Crippen LogP contribution in [0.3, 0.4) is 0 Å². The van der Waals surface area contributed by atoms with Crippen LogP contribution in [0.5, 0.6) is 0 Å². The third-order valence-corrected chi connectivity index (χ3v) is 3.80. The first-order chi connectivity index (χ1) is 9.43. The van der Waals surface area contributed by atoms with E-state index in [0.717, 1.165) is 32.7 Å². The standard InChI is InChI=1S/C16H20N2O/c1-3-14(16-13-17-7-6-15(16)4-1)5-2-8-18-9-11-19-12-10-18/h1,3-4,6-7,13H,2,5,8-12H2. The van der Waals surface area contributed by atoms with Gasteiger partial charge in [-0.1, -0.05) is 18.2 Å². The number of morpholine rings is 1. The summed E-state index contributed by atoms with van der Waals surface area (Å²) in [4.78, 5) is 6.74. The fourth-order valence-corrected chi connectivity index (χ4v) is 2.71. The molecule has 0 N–H and O–H groups in total. The molecule has 2 aromatic rings. The van der Waals surface area contributed by atoms with E-state index in [0.29, 0.717) is 0 Å². The summed E-state index contributed by atoms with van der Waals surface area (Å²) in [6, 6.07) is 8.61. The largest absolute Gasteiger partial charge is 0.379 e. The lowest BCUT2D eigenvalue weighted by Gasteiger charge is -2.26. The highest BCUT2D eigenvalue weighted by Crippen LogP contribution is 2.18. The number of benzene rings is 1. The minimum atomic E-state index is 0.887. The smallest absolute Gasteiger partial charge is 0.0594 e. The number of aryl methyl sites for hydroxylation is 1. The van der Waals surface area contributed by atoms with Crippen molar-refractivity contribution in [2.24, 2.45) is 0 Å². The van der Waals surface area contributed by atoms with Gasteiger partial charge in [-0.15, -0.1) is 0 Å². The number of hydrogen-bond acceptors (Lipinski definition) is 3. The molecule has 1 fully saturated rings. The molecule has 0 aliphatic carbocycles. The Morgan fingerprint density at radius 2 is 2.05 bits per heavy atom. The molecule has 100 valence electrons. The SMILES string of the molecule is c1cc(CCCN2CCOCC2)c2cnccc2c1. The molecule has 1 aliphatic heterocycles. The zero-order chi connectivity index (χ0) is 12.9. The van der Waals surface area contributed by atoms with Crippen LogP contribution in [0.25, 0.3) is 10.8 Å². The second-order valence-electron chi connectivity index (χ2n) is 5.07. The van der Waals surface area contributed by atoms with Crippen LogP contribution in [0, 0.1) is 0 Å². The molecule has 1 aromatic heterocycles. The molecule has 3 rings (SSSR count). The molecule has 0 amide bonds. The van der Waals surface area contributed by atoms with Crippen LogP contribution in [0.2, 0.25) is 0 Å². The average molecular weight is 256 g/mol. The van der Waals surface area contributed by atoms with E-state index >= 15 is 0 Å². The van der Waals surface area contributed by atoms with Crippen LogP contribution in [0.1, 0.15) is 12.0 Å². The molecule has 1 aromatic carbocycles. The van der Waals surface area contributed by atoms with Gasteiger partial charge in [0.05, 0.1) is 13.2 Å². The first kappa shape index (κ1) is 12.6. The Labute approximate surface area is 114 Å². The molecule has 2 heterocycles. The predicted octanol–water partition coefficient (Wildman–Crippen LogP) is 2.50. The normalized spacial score (nSPS) is 16.8. The van der Waals surface area contributed by atoms with Crippen molar-refractivity contribution in [1.29, 1.82) is 0 Å². The second-order valence-corrected chi connectivity index (χ2v) is 5.07. The van der Waals surface area contributed by atoms with Crippen molar-refractivity contribution in [3.05, 3.63) is 42.2 Å². The van der Waals surface area contributed by atoms with E-state index in [4.69, 9.17) is 4.74 Å². The van der Waals surface area contributed by atoms with Crippen molar-refractivity contribution in [1.82, 2.24) is 9.88 Å². The summed E-state index contributed by atoms with van der Waals surface area (Å²) in [6.45, 7) is 5.10. The van der Waals surface area contributed by atoms with Crippen LogP contribution in [-0.4, -0.2) is 42.7 Å². The quantitative estimate of drug-likeness (QED) is 0.840. The van der Waals surface area contributed by atoms with Gasteiger partial charge in [0.15, 0.2) is 0 Å². The molecule has 19 heavy (non-hydrogen) atoms. The van der Waals surface area contributed by atoms with Gasteiger partial charge in [0, 0.05) is 30.9 Å². The molecule has 0 bridgehead atoms. The van der Waals surface area contributed by atoms with Crippen LogP contribution in [-0.2, 0) is 11.2 Å². The molecule has 1 saturated heterocycles. The van der Waals surface area contributed by atoms with E-state index < -0.39 is 0 Å². The summed E-state index contributed by atoms with van der Waals surface area (Å²) in [7, 11) is 0. The van der Waals surface area contributed by atoms with E-state index in [-0.39, 0.29) is 0 Å². The predicted molar refractivity (Wildman–Crippen MR) is 77.3 cm³/mol. The molecular formula is C16H20N2O. The zero-order valence-electron chi connectivity index (χ0n) is 11.2. The van der Waals surface area contributed by atoms with E-state index in [1.165, 1.54) is 29.3 Å². The molecule has 0 saturated carbocycles. The molecule has 1 aliphatic rings. The summed E-state index contributed by atoms with van der Waals surface area (Å²) < 4.78 is 5.37. The summed E-state index contributed by atoms with van der Waals surface area (Å²) >= 11 is 0. The van der Waals surface area contributed by atoms with E-state index in [1.54, 1.807) is 0 Å². The Bertz CT molecular complexity index is 530. The molecule has 0 radical (unpaired) electrons. The molecule has 0 spiro atoms. The third kappa shape index (κ3) is 3.11. The molecule has 0 unspecified atom stereocenters. The first-order valence-electron chi connectivity index (χ1n) is 7.05. The monoisotopic (exact) mass is 256 g/mol. The number of fused-ring (bicyclic) bond motifs is 1. The van der Waals surface area contributed by atoms with E-state index in [9.17, 15) is 0 Å². The first-order valence-corrected chi connectivity index (χ1v) is 7.05. The van der Waals surface area contributed by atoms with Crippen molar-refractivity contribution in [3.63, 3.8) is 0 Å². The number of ether oxygens (including phenoxy) is 1. The highest BCUT2D eigenvalue weighted by molar-refractivity contribution is 5.84. The van der Waals surface area contributed by atoms with Crippen molar-refractivity contribution in [2.45, 2.75) is 12.8 Å². The lowest BCUT2D eigenvalue weighted by Crippen LogP contribution is -2.36. The topological polar surface area (TPSA) is 25.4 Å². The highest BCUT2D eigenvalue weighted by atomic mass is 16.5. The van der Waals surface area contributed by atoms with Gasteiger partial charge in [-0.25, -0.2) is 0 Å². The molecular weight excluding hydrogens is 236 g/mol. The molecule has 0 atom stereocenters. The number of hydrogen-bond donors (Lipinski definition) is 0. The average Bonchev–Trinajstić information content (AvgIpc) is 2.49. The Hall–Kier alpha value is -1.45. The van der Waals surface area contributed by atoms with Crippen molar-refractivity contribution >= 4 is 10.8 Å². The summed E-state index contributed by atoms with van der Waals surface area (Å²) in [5.41, 5.74) is 1.42. The van der Waals surface area contributed by atoms with Crippen molar-refractivity contribution in [2.75, 3.05) is 32.8 Å². The molecule has 3 nitrogen and oxygen atoms in total. The van der Waals surface area contributed by atoms with Crippen molar-refractivity contribution in [3.8, 4) is 0 Å². The van der Waals surface area contributed by atoms with Crippen LogP contribution >= 0.6 is 0 Å². The number of pyridine rings is 1. The van der Waals surface area contributed by atoms with Gasteiger partial charge in [0.2, 0.25) is 0 Å². The summed E-state index contributed by atoms with van der Waals surface area (Å²) in [6.07, 6.45) is 6.17. The number of rotatable bonds is 4. The fourth-order valence-electron chi connectivity index (χ4n) is 2.71. The minimum Gasteiger partial charge on any atom is -0.379 e.